The second-order valence-electron chi connectivity index (χ2n) is 7.80. The van der Waals surface area contributed by atoms with Gasteiger partial charge < -0.3 is 14.6 Å². The van der Waals surface area contributed by atoms with Crippen molar-refractivity contribution in [2.75, 3.05) is 18.0 Å². The van der Waals surface area contributed by atoms with Crippen LogP contribution in [0.3, 0.4) is 0 Å². The molecule has 0 saturated carbocycles. The van der Waals surface area contributed by atoms with E-state index in [0.717, 1.165) is 30.4 Å². The molecular formula is C24H24FN3O4. The molecule has 0 bridgehead atoms. The molecule has 2 amide bonds. The van der Waals surface area contributed by atoms with Crippen molar-refractivity contribution in [3.05, 3.63) is 71.9 Å². The third-order valence-corrected chi connectivity index (χ3v) is 5.40. The number of aryl methyl sites for hydroxylation is 2. The first-order valence-electron chi connectivity index (χ1n) is 10.5. The molecule has 2 aromatic carbocycles. The largest absolute Gasteiger partial charge is 0.442 e. The van der Waals surface area contributed by atoms with E-state index >= 15 is 0 Å². The lowest BCUT2D eigenvalue weighted by Crippen LogP contribution is -2.33. The number of aromatic nitrogens is 1. The number of benzene rings is 2. The molecule has 1 aromatic heterocycles. The number of ether oxygens (including phenoxy) is 1. The number of amides is 2. The number of halogens is 1. The summed E-state index contributed by atoms with van der Waals surface area (Å²) in [6, 6.07) is 12.5. The highest BCUT2D eigenvalue weighted by Gasteiger charge is 2.32. The Balaban J connectivity index is 1.38. The van der Waals surface area contributed by atoms with E-state index in [0.29, 0.717) is 11.3 Å². The van der Waals surface area contributed by atoms with E-state index in [1.54, 1.807) is 24.6 Å². The average Bonchev–Trinajstić information content (AvgIpc) is 3.42. The number of cyclic esters (lactones) is 1. The molecule has 0 unspecified atom stereocenters. The first-order valence-corrected chi connectivity index (χ1v) is 10.5. The molecule has 8 heteroatoms. The highest BCUT2D eigenvalue weighted by atomic mass is 19.1. The summed E-state index contributed by atoms with van der Waals surface area (Å²) in [7, 11) is 0. The van der Waals surface area contributed by atoms with Crippen molar-refractivity contribution in [3.8, 4) is 11.1 Å². The van der Waals surface area contributed by atoms with Crippen molar-refractivity contribution in [3.63, 3.8) is 0 Å². The van der Waals surface area contributed by atoms with Gasteiger partial charge in [-0.25, -0.2) is 9.18 Å². The minimum Gasteiger partial charge on any atom is -0.442 e. The lowest BCUT2D eigenvalue weighted by atomic mass is 10.0. The van der Waals surface area contributed by atoms with E-state index in [1.807, 2.05) is 24.3 Å². The number of nitrogens with one attached hydrogen (secondary N) is 1. The SMILES string of the molecule is CC(=O)NC[C@H]1CN(c2ccc(-c3ccc(CCCc4cnoc4)cc3)c(F)c2)C(=O)O1. The molecule has 1 saturated heterocycles. The van der Waals surface area contributed by atoms with Gasteiger partial charge in [-0.1, -0.05) is 29.4 Å². The Morgan fingerprint density at radius 1 is 1.19 bits per heavy atom. The molecule has 1 atom stereocenters. The summed E-state index contributed by atoms with van der Waals surface area (Å²) in [4.78, 5) is 24.6. The third-order valence-electron chi connectivity index (χ3n) is 5.40. The van der Waals surface area contributed by atoms with Gasteiger partial charge in [0.1, 0.15) is 18.2 Å². The molecular weight excluding hydrogens is 413 g/mol. The Kier molecular flexibility index (Phi) is 6.49. The molecule has 1 aliphatic heterocycles. The number of rotatable bonds is 8. The fourth-order valence-corrected chi connectivity index (χ4v) is 3.70. The minimum absolute atomic E-state index is 0.198. The maximum absolute atomic E-state index is 14.9. The van der Waals surface area contributed by atoms with E-state index in [-0.39, 0.29) is 19.0 Å². The van der Waals surface area contributed by atoms with Crippen LogP contribution in [0.2, 0.25) is 0 Å². The minimum atomic E-state index is -0.553. The predicted molar refractivity (Wildman–Crippen MR) is 117 cm³/mol. The summed E-state index contributed by atoms with van der Waals surface area (Å²) in [5, 5.41) is 6.32. The molecule has 0 aliphatic carbocycles. The van der Waals surface area contributed by atoms with Crippen molar-refractivity contribution in [2.45, 2.75) is 32.3 Å². The molecule has 0 radical (unpaired) electrons. The van der Waals surface area contributed by atoms with Crippen LogP contribution in [-0.4, -0.2) is 36.4 Å². The lowest BCUT2D eigenvalue weighted by Gasteiger charge is -2.14. The van der Waals surface area contributed by atoms with Crippen LogP contribution in [0.25, 0.3) is 11.1 Å². The van der Waals surface area contributed by atoms with Gasteiger partial charge in [0.25, 0.3) is 0 Å². The second kappa shape index (κ2) is 9.64. The van der Waals surface area contributed by atoms with Gasteiger partial charge in [0.2, 0.25) is 5.91 Å². The van der Waals surface area contributed by atoms with Crippen LogP contribution in [-0.2, 0) is 22.4 Å². The van der Waals surface area contributed by atoms with E-state index in [2.05, 4.69) is 10.5 Å². The number of carbonyl (C=O) groups excluding carboxylic acids is 2. The van der Waals surface area contributed by atoms with Crippen LogP contribution < -0.4 is 10.2 Å². The van der Waals surface area contributed by atoms with E-state index in [4.69, 9.17) is 9.26 Å². The molecule has 3 aromatic rings. The van der Waals surface area contributed by atoms with Gasteiger partial charge in [0.15, 0.2) is 0 Å². The Morgan fingerprint density at radius 3 is 2.66 bits per heavy atom. The molecule has 2 heterocycles. The molecule has 4 rings (SSSR count). The summed E-state index contributed by atoms with van der Waals surface area (Å²) in [6.07, 6.45) is 5.13. The zero-order chi connectivity index (χ0) is 22.5. The summed E-state index contributed by atoms with van der Waals surface area (Å²) >= 11 is 0. The molecule has 1 aliphatic rings. The van der Waals surface area contributed by atoms with Gasteiger partial charge in [-0.2, -0.15) is 0 Å². The molecule has 7 nitrogen and oxygen atoms in total. The van der Waals surface area contributed by atoms with Crippen LogP contribution >= 0.6 is 0 Å². The van der Waals surface area contributed by atoms with Crippen LogP contribution in [0.1, 0.15) is 24.5 Å². The smallest absolute Gasteiger partial charge is 0.414 e. The summed E-state index contributed by atoms with van der Waals surface area (Å²) < 4.78 is 25.0. The van der Waals surface area contributed by atoms with Crippen LogP contribution in [0, 0.1) is 5.82 Å². The average molecular weight is 437 g/mol. The van der Waals surface area contributed by atoms with Gasteiger partial charge in [0.05, 0.1) is 25.0 Å². The maximum Gasteiger partial charge on any atom is 0.414 e. The second-order valence-corrected chi connectivity index (χ2v) is 7.80. The summed E-state index contributed by atoms with van der Waals surface area (Å²) in [5.74, 6) is -0.614. The number of hydrogen-bond acceptors (Lipinski definition) is 5. The predicted octanol–water partition coefficient (Wildman–Crippen LogP) is 4.12. The zero-order valence-electron chi connectivity index (χ0n) is 17.7. The quantitative estimate of drug-likeness (QED) is 0.573. The van der Waals surface area contributed by atoms with Gasteiger partial charge in [0, 0.05) is 18.1 Å². The number of nitrogens with zero attached hydrogens (tertiary/aromatic N) is 2. The van der Waals surface area contributed by atoms with Crippen LogP contribution in [0.4, 0.5) is 14.9 Å². The number of anilines is 1. The Bertz CT molecular complexity index is 1080. The van der Waals surface area contributed by atoms with Gasteiger partial charge in [-0.3, -0.25) is 9.69 Å². The number of hydrogen-bond donors (Lipinski definition) is 1. The highest BCUT2D eigenvalue weighted by molar-refractivity contribution is 5.90. The van der Waals surface area contributed by atoms with E-state index < -0.39 is 18.0 Å². The van der Waals surface area contributed by atoms with Crippen molar-refractivity contribution in [1.82, 2.24) is 10.5 Å². The third kappa shape index (κ3) is 5.14. The van der Waals surface area contributed by atoms with Gasteiger partial charge in [-0.15, -0.1) is 0 Å². The first-order chi connectivity index (χ1) is 15.5. The Labute approximate surface area is 185 Å². The van der Waals surface area contributed by atoms with Gasteiger partial charge >= 0.3 is 6.09 Å². The van der Waals surface area contributed by atoms with Crippen molar-refractivity contribution < 1.29 is 23.2 Å². The Morgan fingerprint density at radius 2 is 1.97 bits per heavy atom. The zero-order valence-corrected chi connectivity index (χ0v) is 17.7. The van der Waals surface area contributed by atoms with Crippen molar-refractivity contribution in [1.29, 1.82) is 0 Å². The van der Waals surface area contributed by atoms with Crippen LogP contribution in [0.5, 0.6) is 0 Å². The fraction of sp³-hybridized carbons (Fsp3) is 0.292. The molecule has 1 N–H and O–H groups in total. The van der Waals surface area contributed by atoms with Crippen molar-refractivity contribution >= 4 is 17.7 Å². The highest BCUT2D eigenvalue weighted by Crippen LogP contribution is 2.29. The lowest BCUT2D eigenvalue weighted by molar-refractivity contribution is -0.119. The normalized spacial score (nSPS) is 15.6. The molecule has 166 valence electrons. The number of carbonyl (C=O) groups is 2. The van der Waals surface area contributed by atoms with E-state index in [9.17, 15) is 14.0 Å². The van der Waals surface area contributed by atoms with Gasteiger partial charge in [-0.05, 0) is 48.6 Å². The summed E-state index contributed by atoms with van der Waals surface area (Å²) in [5.41, 5.74) is 3.91. The monoisotopic (exact) mass is 437 g/mol. The summed E-state index contributed by atoms with van der Waals surface area (Å²) in [6.45, 7) is 1.87. The molecule has 1 fully saturated rings. The first kappa shape index (κ1) is 21.5. The van der Waals surface area contributed by atoms with Crippen LogP contribution in [0.15, 0.2) is 59.4 Å². The molecule has 32 heavy (non-hydrogen) atoms. The Hall–Kier alpha value is -3.68. The van der Waals surface area contributed by atoms with E-state index in [1.165, 1.54) is 23.5 Å². The van der Waals surface area contributed by atoms with Crippen molar-refractivity contribution in [2.24, 2.45) is 0 Å². The fourth-order valence-electron chi connectivity index (χ4n) is 3.70. The standard InChI is InChI=1S/C24H24FN3O4/c1-16(29)26-13-21-14-28(24(30)32-21)20-9-10-22(23(25)11-20)19-7-5-17(6-8-19)3-2-4-18-12-27-31-15-18/h5-12,15,21H,2-4,13-14H2,1H3,(H,26,29)/t21-/m0/s1. The molecule has 0 spiro atoms. The maximum atomic E-state index is 14.9. The topological polar surface area (TPSA) is 84.7 Å².